The van der Waals surface area contributed by atoms with E-state index in [1.54, 1.807) is 29.6 Å². The van der Waals surface area contributed by atoms with Gasteiger partial charge >= 0.3 is 0 Å². The van der Waals surface area contributed by atoms with Crippen molar-refractivity contribution in [3.8, 4) is 0 Å². The van der Waals surface area contributed by atoms with Gasteiger partial charge in [-0.3, -0.25) is 9.59 Å². The Morgan fingerprint density at radius 1 is 1.40 bits per heavy atom. The highest BCUT2D eigenvalue weighted by molar-refractivity contribution is 7.07. The van der Waals surface area contributed by atoms with Gasteiger partial charge in [-0.05, 0) is 18.1 Å². The van der Waals surface area contributed by atoms with Crippen LogP contribution in [0.15, 0.2) is 29.1 Å². The van der Waals surface area contributed by atoms with Gasteiger partial charge in [0.05, 0.1) is 17.7 Å². The molecule has 5 heteroatoms. The van der Waals surface area contributed by atoms with Crippen LogP contribution in [0.4, 0.5) is 0 Å². The average molecular weight is 286 g/mol. The predicted octanol–water partition coefficient (Wildman–Crippen LogP) is 2.54. The van der Waals surface area contributed by atoms with Crippen molar-refractivity contribution < 1.29 is 9.59 Å². The minimum atomic E-state index is -0.0513. The van der Waals surface area contributed by atoms with Crippen LogP contribution < -0.4 is 0 Å². The lowest BCUT2D eigenvalue weighted by Gasteiger charge is -2.17. The number of Topliss-reactive ketones (excluding diaryl/α,β-unsaturated/α-hetero) is 1. The molecule has 1 heterocycles. The van der Waals surface area contributed by atoms with Crippen LogP contribution in [-0.2, 0) is 13.0 Å². The Labute approximate surface area is 121 Å². The molecule has 0 saturated heterocycles. The van der Waals surface area contributed by atoms with Crippen LogP contribution in [0.25, 0.3) is 0 Å². The van der Waals surface area contributed by atoms with Gasteiger partial charge in [0.15, 0.2) is 5.78 Å². The Morgan fingerprint density at radius 3 is 3.00 bits per heavy atom. The molecule has 0 atom stereocenters. The highest BCUT2D eigenvalue weighted by atomic mass is 32.1. The summed E-state index contributed by atoms with van der Waals surface area (Å²) in [7, 11) is 1.76. The van der Waals surface area contributed by atoms with Gasteiger partial charge in [-0.25, -0.2) is 4.98 Å². The molecule has 1 aliphatic rings. The van der Waals surface area contributed by atoms with E-state index in [0.29, 0.717) is 30.5 Å². The number of hydrogen-bond acceptors (Lipinski definition) is 4. The molecule has 102 valence electrons. The number of thiazole rings is 1. The van der Waals surface area contributed by atoms with Crippen LogP contribution >= 0.6 is 11.3 Å². The van der Waals surface area contributed by atoms with E-state index >= 15 is 0 Å². The molecule has 3 rings (SSSR count). The largest absolute Gasteiger partial charge is 0.336 e. The quantitative estimate of drug-likeness (QED) is 0.871. The first-order valence-corrected chi connectivity index (χ1v) is 7.38. The second kappa shape index (κ2) is 5.17. The van der Waals surface area contributed by atoms with Gasteiger partial charge in [0.2, 0.25) is 0 Å². The SMILES string of the molecule is CN(Cc1cscn1)C(=O)c1cccc2c1CCC2=O. The van der Waals surface area contributed by atoms with Crippen LogP contribution in [0, 0.1) is 0 Å². The normalized spacial score (nSPS) is 13.3. The summed E-state index contributed by atoms with van der Waals surface area (Å²) in [6.45, 7) is 0.486. The molecule has 0 unspecified atom stereocenters. The van der Waals surface area contributed by atoms with Gasteiger partial charge < -0.3 is 4.90 Å². The van der Waals surface area contributed by atoms with E-state index in [2.05, 4.69) is 4.98 Å². The fourth-order valence-electron chi connectivity index (χ4n) is 2.53. The maximum Gasteiger partial charge on any atom is 0.254 e. The van der Waals surface area contributed by atoms with Crippen molar-refractivity contribution in [1.82, 2.24) is 9.88 Å². The van der Waals surface area contributed by atoms with E-state index in [9.17, 15) is 9.59 Å². The summed E-state index contributed by atoms with van der Waals surface area (Å²) in [6, 6.07) is 5.39. The highest BCUT2D eigenvalue weighted by Crippen LogP contribution is 2.26. The number of nitrogens with zero attached hydrogens (tertiary/aromatic N) is 2. The number of fused-ring (bicyclic) bond motifs is 1. The number of aromatic nitrogens is 1. The molecule has 2 aromatic rings. The third kappa shape index (κ3) is 2.25. The van der Waals surface area contributed by atoms with Gasteiger partial charge in [0.25, 0.3) is 5.91 Å². The predicted molar refractivity (Wildman–Crippen MR) is 77.0 cm³/mol. The third-order valence-corrected chi connectivity index (χ3v) is 4.17. The molecule has 4 nitrogen and oxygen atoms in total. The van der Waals surface area contributed by atoms with Crippen molar-refractivity contribution >= 4 is 23.0 Å². The van der Waals surface area contributed by atoms with Crippen molar-refractivity contribution in [3.63, 3.8) is 0 Å². The Kier molecular flexibility index (Phi) is 3.36. The van der Waals surface area contributed by atoms with E-state index in [0.717, 1.165) is 11.3 Å². The summed E-state index contributed by atoms with van der Waals surface area (Å²) in [5.74, 6) is 0.0846. The minimum absolute atomic E-state index is 0.0513. The van der Waals surface area contributed by atoms with Gasteiger partial charge in [-0.1, -0.05) is 12.1 Å². The molecule has 0 bridgehead atoms. The first kappa shape index (κ1) is 13.0. The van der Waals surface area contributed by atoms with Crippen molar-refractivity contribution in [3.05, 3.63) is 51.5 Å². The zero-order valence-corrected chi connectivity index (χ0v) is 11.9. The van der Waals surface area contributed by atoms with E-state index in [1.165, 1.54) is 11.3 Å². The Morgan fingerprint density at radius 2 is 2.25 bits per heavy atom. The number of ketones is 1. The lowest BCUT2D eigenvalue weighted by molar-refractivity contribution is 0.0782. The van der Waals surface area contributed by atoms with E-state index < -0.39 is 0 Å². The smallest absolute Gasteiger partial charge is 0.254 e. The summed E-state index contributed by atoms with van der Waals surface area (Å²) >= 11 is 1.52. The molecule has 0 saturated carbocycles. The Balaban J connectivity index is 1.86. The molecule has 0 N–H and O–H groups in total. The molecule has 1 aromatic heterocycles. The zero-order valence-electron chi connectivity index (χ0n) is 11.1. The minimum Gasteiger partial charge on any atom is -0.336 e. The van der Waals surface area contributed by atoms with Gasteiger partial charge in [-0.2, -0.15) is 0 Å². The van der Waals surface area contributed by atoms with Crippen molar-refractivity contribution in [2.45, 2.75) is 19.4 Å². The summed E-state index contributed by atoms with van der Waals surface area (Å²) in [4.78, 5) is 30.1. The number of carbonyl (C=O) groups excluding carboxylic acids is 2. The van der Waals surface area contributed by atoms with Gasteiger partial charge in [0, 0.05) is 30.0 Å². The standard InChI is InChI=1S/C15H14N2O2S/c1-17(7-10-8-20-9-16-10)15(19)13-4-2-3-12-11(13)5-6-14(12)18/h2-4,8-9H,5-7H2,1H3. The van der Waals surface area contributed by atoms with Crippen LogP contribution in [-0.4, -0.2) is 28.6 Å². The molecular weight excluding hydrogens is 272 g/mol. The number of rotatable bonds is 3. The van der Waals surface area contributed by atoms with E-state index in [-0.39, 0.29) is 11.7 Å². The maximum atomic E-state index is 12.5. The average Bonchev–Trinajstić information content (AvgIpc) is 3.08. The number of hydrogen-bond donors (Lipinski definition) is 0. The lowest BCUT2D eigenvalue weighted by Crippen LogP contribution is -2.27. The van der Waals surface area contributed by atoms with E-state index in [1.807, 2.05) is 11.4 Å². The Hall–Kier alpha value is -2.01. The van der Waals surface area contributed by atoms with Crippen molar-refractivity contribution in [2.24, 2.45) is 0 Å². The molecule has 20 heavy (non-hydrogen) atoms. The molecule has 1 aliphatic carbocycles. The van der Waals surface area contributed by atoms with E-state index in [4.69, 9.17) is 0 Å². The third-order valence-electron chi connectivity index (χ3n) is 3.54. The first-order chi connectivity index (χ1) is 9.66. The summed E-state index contributed by atoms with van der Waals surface area (Å²) in [5, 5.41) is 1.93. The molecule has 1 amide bonds. The molecule has 1 aromatic carbocycles. The topological polar surface area (TPSA) is 50.3 Å². The second-order valence-electron chi connectivity index (χ2n) is 4.90. The molecule has 0 spiro atoms. The van der Waals surface area contributed by atoms with Crippen LogP contribution in [0.5, 0.6) is 0 Å². The fourth-order valence-corrected chi connectivity index (χ4v) is 3.08. The summed E-state index contributed by atoms with van der Waals surface area (Å²) in [6.07, 6.45) is 1.18. The molecule has 0 radical (unpaired) electrons. The lowest BCUT2D eigenvalue weighted by atomic mass is 10.0. The number of carbonyl (C=O) groups is 2. The maximum absolute atomic E-state index is 12.5. The van der Waals surface area contributed by atoms with Crippen LogP contribution in [0.1, 0.15) is 38.4 Å². The number of benzene rings is 1. The number of amides is 1. The van der Waals surface area contributed by atoms with Crippen molar-refractivity contribution in [1.29, 1.82) is 0 Å². The van der Waals surface area contributed by atoms with Crippen LogP contribution in [0.2, 0.25) is 0 Å². The summed E-state index contributed by atoms with van der Waals surface area (Å²) in [5.41, 5.74) is 4.89. The molecule has 0 aliphatic heterocycles. The highest BCUT2D eigenvalue weighted by Gasteiger charge is 2.25. The Bertz CT molecular complexity index is 665. The molecular formula is C15H14N2O2S. The monoisotopic (exact) mass is 286 g/mol. The summed E-state index contributed by atoms with van der Waals surface area (Å²) < 4.78 is 0. The van der Waals surface area contributed by atoms with Gasteiger partial charge in [-0.15, -0.1) is 11.3 Å². The first-order valence-electron chi connectivity index (χ1n) is 6.44. The van der Waals surface area contributed by atoms with Gasteiger partial charge in [0.1, 0.15) is 0 Å². The molecule has 0 fully saturated rings. The fraction of sp³-hybridized carbons (Fsp3) is 0.267. The van der Waals surface area contributed by atoms with Crippen LogP contribution in [0.3, 0.4) is 0 Å². The van der Waals surface area contributed by atoms with Crippen molar-refractivity contribution in [2.75, 3.05) is 7.05 Å². The second-order valence-corrected chi connectivity index (χ2v) is 5.61. The zero-order chi connectivity index (χ0) is 14.1.